The van der Waals surface area contributed by atoms with Gasteiger partial charge in [0, 0.05) is 5.69 Å². The number of fused-ring (bicyclic) bond motifs is 1. The molecule has 0 radical (unpaired) electrons. The Morgan fingerprint density at radius 1 is 1.07 bits per heavy atom. The summed E-state index contributed by atoms with van der Waals surface area (Å²) in [6.45, 7) is 6.76. The molecule has 2 aliphatic rings. The van der Waals surface area contributed by atoms with Crippen molar-refractivity contribution < 1.29 is 23.9 Å². The molecule has 3 atom stereocenters. The van der Waals surface area contributed by atoms with Crippen molar-refractivity contribution in [3.05, 3.63) is 41.0 Å². The number of amides is 3. The normalized spacial score (nSPS) is 21.7. The molecule has 0 unspecified atom stereocenters. The van der Waals surface area contributed by atoms with Gasteiger partial charge in [0.05, 0.1) is 11.8 Å². The van der Waals surface area contributed by atoms with Gasteiger partial charge in [-0.3, -0.25) is 24.1 Å². The highest BCUT2D eigenvalue weighted by atomic mass is 16.5. The lowest BCUT2D eigenvalue weighted by Gasteiger charge is -2.18. The Balaban J connectivity index is 1.59. The molecular weight excluding hydrogens is 372 g/mol. The van der Waals surface area contributed by atoms with E-state index in [1.54, 1.807) is 0 Å². The molecule has 0 aromatic heterocycles. The minimum absolute atomic E-state index is 0.343. The summed E-state index contributed by atoms with van der Waals surface area (Å²) in [5, 5.41) is 2.79. The number of hydrogen-bond donors (Lipinski definition) is 1. The average molecular weight is 398 g/mol. The van der Waals surface area contributed by atoms with Crippen molar-refractivity contribution in [1.29, 1.82) is 0 Å². The molecule has 1 heterocycles. The standard InChI is InChI=1S/C22H26N2O5/c1-12-9-13(2)19(14(3)10-12)23-20(26)15(4)29-18(25)11-24-21(27)16-7-5-6-8-17(16)22(24)28/h5-6,9-10,15-17H,7-8,11H2,1-4H3,(H,23,26)/t15-,16+,17+/m1/s1. The Bertz CT molecular complexity index is 855. The van der Waals surface area contributed by atoms with E-state index >= 15 is 0 Å². The van der Waals surface area contributed by atoms with Crippen LogP contribution in [0, 0.1) is 32.6 Å². The Hall–Kier alpha value is -2.96. The zero-order valence-electron chi connectivity index (χ0n) is 17.2. The molecule has 7 nitrogen and oxygen atoms in total. The van der Waals surface area contributed by atoms with Crippen molar-refractivity contribution in [2.45, 2.75) is 46.6 Å². The molecule has 29 heavy (non-hydrogen) atoms. The molecular formula is C22H26N2O5. The van der Waals surface area contributed by atoms with E-state index in [1.165, 1.54) is 6.92 Å². The van der Waals surface area contributed by atoms with Crippen LogP contribution < -0.4 is 5.32 Å². The monoisotopic (exact) mass is 398 g/mol. The third-order valence-corrected chi connectivity index (χ3v) is 5.49. The maximum absolute atomic E-state index is 12.5. The number of allylic oxidation sites excluding steroid dienone is 2. The minimum atomic E-state index is -1.06. The molecule has 0 bridgehead atoms. The number of aryl methyl sites for hydroxylation is 3. The van der Waals surface area contributed by atoms with Gasteiger partial charge in [-0.05, 0) is 51.7 Å². The predicted molar refractivity (Wildman–Crippen MR) is 107 cm³/mol. The quantitative estimate of drug-likeness (QED) is 0.467. The predicted octanol–water partition coefficient (Wildman–Crippen LogP) is 2.43. The molecule has 1 N–H and O–H groups in total. The molecule has 7 heteroatoms. The van der Waals surface area contributed by atoms with Gasteiger partial charge in [-0.25, -0.2) is 0 Å². The molecule has 1 aromatic rings. The van der Waals surface area contributed by atoms with E-state index in [0.717, 1.165) is 21.6 Å². The molecule has 1 saturated heterocycles. The smallest absolute Gasteiger partial charge is 0.326 e. The zero-order valence-corrected chi connectivity index (χ0v) is 17.2. The van der Waals surface area contributed by atoms with Gasteiger partial charge in [-0.2, -0.15) is 0 Å². The Morgan fingerprint density at radius 2 is 1.59 bits per heavy atom. The summed E-state index contributed by atoms with van der Waals surface area (Å²) in [5.41, 5.74) is 3.61. The largest absolute Gasteiger partial charge is 0.451 e. The van der Waals surface area contributed by atoms with Crippen LogP contribution in [0.3, 0.4) is 0 Å². The summed E-state index contributed by atoms with van der Waals surface area (Å²) < 4.78 is 5.19. The lowest BCUT2D eigenvalue weighted by molar-refractivity contribution is -0.158. The van der Waals surface area contributed by atoms with Crippen LogP contribution in [-0.2, 0) is 23.9 Å². The fourth-order valence-electron chi connectivity index (χ4n) is 4.04. The number of carbonyl (C=O) groups excluding carboxylic acids is 4. The van der Waals surface area contributed by atoms with Crippen LogP contribution in [0.4, 0.5) is 5.69 Å². The number of anilines is 1. The van der Waals surface area contributed by atoms with Crippen LogP contribution in [0.25, 0.3) is 0 Å². The number of hydrogen-bond acceptors (Lipinski definition) is 5. The number of rotatable bonds is 5. The van der Waals surface area contributed by atoms with Crippen LogP contribution >= 0.6 is 0 Å². The number of nitrogens with zero attached hydrogens (tertiary/aromatic N) is 1. The first-order valence-corrected chi connectivity index (χ1v) is 9.77. The van der Waals surface area contributed by atoms with Crippen LogP contribution in [0.5, 0.6) is 0 Å². The van der Waals surface area contributed by atoms with Gasteiger partial charge in [0.1, 0.15) is 6.54 Å². The van der Waals surface area contributed by atoms with E-state index in [2.05, 4.69) is 5.32 Å². The molecule has 3 amide bonds. The lowest BCUT2D eigenvalue weighted by atomic mass is 9.85. The van der Waals surface area contributed by atoms with Gasteiger partial charge in [0.15, 0.2) is 6.10 Å². The van der Waals surface area contributed by atoms with E-state index in [4.69, 9.17) is 4.74 Å². The number of imide groups is 1. The van der Waals surface area contributed by atoms with Crippen molar-refractivity contribution in [2.75, 3.05) is 11.9 Å². The second kappa shape index (κ2) is 8.19. The first-order valence-electron chi connectivity index (χ1n) is 9.77. The van der Waals surface area contributed by atoms with Crippen LogP contribution in [0.2, 0.25) is 0 Å². The third-order valence-electron chi connectivity index (χ3n) is 5.49. The minimum Gasteiger partial charge on any atom is -0.451 e. The molecule has 0 saturated carbocycles. The second-order valence-electron chi connectivity index (χ2n) is 7.81. The van der Waals surface area contributed by atoms with Gasteiger partial charge in [0.25, 0.3) is 5.91 Å². The van der Waals surface area contributed by atoms with Gasteiger partial charge < -0.3 is 10.1 Å². The van der Waals surface area contributed by atoms with Gasteiger partial charge in [-0.15, -0.1) is 0 Å². The van der Waals surface area contributed by atoms with Gasteiger partial charge in [-0.1, -0.05) is 29.8 Å². The van der Waals surface area contributed by atoms with E-state index in [1.807, 2.05) is 45.1 Å². The molecule has 1 aromatic carbocycles. The Labute approximate surface area is 170 Å². The number of ether oxygens (including phenoxy) is 1. The van der Waals surface area contributed by atoms with Crippen molar-refractivity contribution in [2.24, 2.45) is 11.8 Å². The van der Waals surface area contributed by atoms with E-state index in [-0.39, 0.29) is 11.8 Å². The van der Waals surface area contributed by atoms with Crippen molar-refractivity contribution in [3.63, 3.8) is 0 Å². The highest BCUT2D eigenvalue weighted by Crippen LogP contribution is 2.34. The van der Waals surface area contributed by atoms with Gasteiger partial charge >= 0.3 is 5.97 Å². The maximum Gasteiger partial charge on any atom is 0.326 e. The molecule has 1 aliphatic heterocycles. The van der Waals surface area contributed by atoms with E-state index in [9.17, 15) is 19.2 Å². The molecule has 1 fully saturated rings. The summed E-state index contributed by atoms with van der Waals surface area (Å²) in [5.74, 6) is -2.72. The molecule has 1 aliphatic carbocycles. The van der Waals surface area contributed by atoms with E-state index < -0.39 is 36.4 Å². The van der Waals surface area contributed by atoms with Crippen molar-refractivity contribution in [3.8, 4) is 0 Å². The topological polar surface area (TPSA) is 92.8 Å². The van der Waals surface area contributed by atoms with Crippen molar-refractivity contribution in [1.82, 2.24) is 4.90 Å². The fourth-order valence-corrected chi connectivity index (χ4v) is 4.04. The first-order chi connectivity index (χ1) is 13.7. The van der Waals surface area contributed by atoms with Crippen LogP contribution in [-0.4, -0.2) is 41.2 Å². The fraction of sp³-hybridized carbons (Fsp3) is 0.455. The summed E-state index contributed by atoms with van der Waals surface area (Å²) in [4.78, 5) is 50.6. The Morgan fingerprint density at radius 3 is 2.10 bits per heavy atom. The lowest BCUT2D eigenvalue weighted by Crippen LogP contribution is -2.39. The van der Waals surface area contributed by atoms with Crippen LogP contribution in [0.1, 0.15) is 36.5 Å². The maximum atomic E-state index is 12.5. The summed E-state index contributed by atoms with van der Waals surface area (Å²) >= 11 is 0. The summed E-state index contributed by atoms with van der Waals surface area (Å²) in [6.07, 6.45) is 3.73. The summed E-state index contributed by atoms with van der Waals surface area (Å²) in [6, 6.07) is 3.91. The van der Waals surface area contributed by atoms with Crippen molar-refractivity contribution >= 4 is 29.4 Å². The van der Waals surface area contributed by atoms with Gasteiger partial charge in [0.2, 0.25) is 11.8 Å². The third kappa shape index (κ3) is 4.23. The number of benzene rings is 1. The summed E-state index contributed by atoms with van der Waals surface area (Å²) in [7, 11) is 0. The SMILES string of the molecule is Cc1cc(C)c(NC(=O)[C@@H](C)OC(=O)CN2C(=O)[C@H]3CC=CC[C@@H]3C2=O)c(C)c1. The number of esters is 1. The Kier molecular flexibility index (Phi) is 5.86. The molecule has 154 valence electrons. The highest BCUT2D eigenvalue weighted by molar-refractivity contribution is 6.07. The number of nitrogens with one attached hydrogen (secondary N) is 1. The van der Waals surface area contributed by atoms with E-state index in [0.29, 0.717) is 18.5 Å². The first kappa shape index (κ1) is 20.8. The average Bonchev–Trinajstić information content (AvgIpc) is 2.89. The number of carbonyl (C=O) groups is 4. The second-order valence-corrected chi connectivity index (χ2v) is 7.81. The zero-order chi connectivity index (χ0) is 21.3. The molecule has 0 spiro atoms. The highest BCUT2D eigenvalue weighted by Gasteiger charge is 2.47. The van der Waals surface area contributed by atoms with Crippen LogP contribution in [0.15, 0.2) is 24.3 Å². The molecule has 3 rings (SSSR count). The number of likely N-dealkylation sites (tertiary alicyclic amines) is 1.